The van der Waals surface area contributed by atoms with Crippen LogP contribution >= 0.6 is 0 Å². The van der Waals surface area contributed by atoms with E-state index in [0.717, 1.165) is 44.8 Å². The molecule has 5 nitrogen and oxygen atoms in total. The van der Waals surface area contributed by atoms with Gasteiger partial charge in [-0.15, -0.1) is 0 Å². The summed E-state index contributed by atoms with van der Waals surface area (Å²) >= 11 is 0. The Morgan fingerprint density at radius 2 is 1.70 bits per heavy atom. The predicted molar refractivity (Wildman–Crippen MR) is 106 cm³/mol. The Balaban J connectivity index is 1.45. The molecule has 142 valence electrons. The normalized spacial score (nSPS) is 20.9. The van der Waals surface area contributed by atoms with Crippen LogP contribution in [0.15, 0.2) is 54.6 Å². The average Bonchev–Trinajstić information content (AvgIpc) is 2.72. The number of para-hydroxylation sites is 1. The van der Waals surface area contributed by atoms with Crippen molar-refractivity contribution in [2.45, 2.75) is 12.6 Å². The van der Waals surface area contributed by atoms with Gasteiger partial charge in [0.05, 0.1) is 5.56 Å². The number of amides is 1. The molecule has 2 saturated heterocycles. The molecule has 0 aliphatic carbocycles. The van der Waals surface area contributed by atoms with E-state index < -0.39 is 0 Å². The molecule has 27 heavy (non-hydrogen) atoms. The van der Waals surface area contributed by atoms with Gasteiger partial charge < -0.3 is 14.5 Å². The first-order chi connectivity index (χ1) is 13.2. The minimum Gasteiger partial charge on any atom is -0.488 e. The molecule has 2 aliphatic heterocycles. The van der Waals surface area contributed by atoms with Crippen molar-refractivity contribution in [1.29, 1.82) is 0 Å². The van der Waals surface area contributed by atoms with E-state index in [1.54, 1.807) is 0 Å². The SMILES string of the molecule is CN1CCN2CCN(C(=O)c3ccccc3OCc3ccccc3)C[C@H]2C1. The summed E-state index contributed by atoms with van der Waals surface area (Å²) in [4.78, 5) is 20.1. The van der Waals surface area contributed by atoms with Gasteiger partial charge in [-0.05, 0) is 24.7 Å². The van der Waals surface area contributed by atoms with Gasteiger partial charge in [-0.25, -0.2) is 0 Å². The number of carbonyl (C=O) groups is 1. The topological polar surface area (TPSA) is 36.0 Å². The number of fused-ring (bicyclic) bond motifs is 1. The van der Waals surface area contributed by atoms with Gasteiger partial charge in [-0.1, -0.05) is 42.5 Å². The summed E-state index contributed by atoms with van der Waals surface area (Å²) in [7, 11) is 2.16. The number of carbonyl (C=O) groups excluding carboxylic acids is 1. The monoisotopic (exact) mass is 365 g/mol. The van der Waals surface area contributed by atoms with Crippen LogP contribution in [0, 0.1) is 0 Å². The van der Waals surface area contributed by atoms with Gasteiger partial charge in [0, 0.05) is 45.3 Å². The lowest BCUT2D eigenvalue weighted by molar-refractivity contribution is 0.0188. The largest absolute Gasteiger partial charge is 0.488 e. The van der Waals surface area contributed by atoms with Gasteiger partial charge in [0.1, 0.15) is 12.4 Å². The lowest BCUT2D eigenvalue weighted by Crippen LogP contribution is -2.62. The minimum atomic E-state index is 0.0755. The van der Waals surface area contributed by atoms with Gasteiger partial charge in [-0.2, -0.15) is 0 Å². The van der Waals surface area contributed by atoms with Crippen molar-refractivity contribution in [2.24, 2.45) is 0 Å². The molecule has 2 aliphatic rings. The number of likely N-dealkylation sites (N-methyl/N-ethyl adjacent to an activating group) is 1. The Bertz CT molecular complexity index is 780. The van der Waals surface area contributed by atoms with Crippen molar-refractivity contribution in [3.63, 3.8) is 0 Å². The molecule has 0 N–H and O–H groups in total. The zero-order valence-corrected chi connectivity index (χ0v) is 15.9. The summed E-state index contributed by atoms with van der Waals surface area (Å²) in [5.41, 5.74) is 1.75. The van der Waals surface area contributed by atoms with Gasteiger partial charge in [0.25, 0.3) is 5.91 Å². The molecular weight excluding hydrogens is 338 g/mol. The Hall–Kier alpha value is -2.37. The molecule has 2 aromatic rings. The van der Waals surface area contributed by atoms with E-state index in [-0.39, 0.29) is 5.91 Å². The molecular formula is C22H27N3O2. The fourth-order valence-electron chi connectivity index (χ4n) is 3.97. The van der Waals surface area contributed by atoms with Gasteiger partial charge in [-0.3, -0.25) is 9.69 Å². The third kappa shape index (κ3) is 4.15. The maximum Gasteiger partial charge on any atom is 0.257 e. The summed E-state index contributed by atoms with van der Waals surface area (Å²) in [5.74, 6) is 0.737. The highest BCUT2D eigenvalue weighted by Crippen LogP contribution is 2.23. The summed E-state index contributed by atoms with van der Waals surface area (Å²) in [5, 5.41) is 0. The third-order valence-electron chi connectivity index (χ3n) is 5.54. The molecule has 4 rings (SSSR count). The Kier molecular flexibility index (Phi) is 5.41. The zero-order chi connectivity index (χ0) is 18.6. The Morgan fingerprint density at radius 1 is 0.963 bits per heavy atom. The number of benzene rings is 2. The molecule has 0 unspecified atom stereocenters. The Labute approximate surface area is 161 Å². The maximum atomic E-state index is 13.2. The Morgan fingerprint density at radius 3 is 2.56 bits per heavy atom. The molecule has 2 fully saturated rings. The smallest absolute Gasteiger partial charge is 0.257 e. The summed E-state index contributed by atoms with van der Waals surface area (Å²) in [6.07, 6.45) is 0. The van der Waals surface area contributed by atoms with Crippen molar-refractivity contribution >= 4 is 5.91 Å². The van der Waals surface area contributed by atoms with E-state index in [0.29, 0.717) is 24.0 Å². The molecule has 0 radical (unpaired) electrons. The van der Waals surface area contributed by atoms with E-state index in [4.69, 9.17) is 4.74 Å². The van der Waals surface area contributed by atoms with Crippen molar-refractivity contribution < 1.29 is 9.53 Å². The van der Waals surface area contributed by atoms with Crippen LogP contribution in [0.1, 0.15) is 15.9 Å². The number of nitrogens with zero attached hydrogens (tertiary/aromatic N) is 3. The minimum absolute atomic E-state index is 0.0755. The number of ether oxygens (including phenoxy) is 1. The van der Waals surface area contributed by atoms with Crippen LogP contribution in [0.5, 0.6) is 5.75 Å². The molecule has 1 amide bonds. The van der Waals surface area contributed by atoms with Crippen molar-refractivity contribution in [2.75, 3.05) is 46.3 Å². The lowest BCUT2D eigenvalue weighted by Gasteiger charge is -2.46. The van der Waals surface area contributed by atoms with Crippen LogP contribution in [0.2, 0.25) is 0 Å². The van der Waals surface area contributed by atoms with E-state index >= 15 is 0 Å². The fraction of sp³-hybridized carbons (Fsp3) is 0.409. The van der Waals surface area contributed by atoms with Gasteiger partial charge in [0.2, 0.25) is 0 Å². The van der Waals surface area contributed by atoms with Crippen LogP contribution in [0.3, 0.4) is 0 Å². The highest BCUT2D eigenvalue weighted by molar-refractivity contribution is 5.97. The van der Waals surface area contributed by atoms with Crippen molar-refractivity contribution in [1.82, 2.24) is 14.7 Å². The lowest BCUT2D eigenvalue weighted by atomic mass is 10.1. The fourth-order valence-corrected chi connectivity index (χ4v) is 3.97. The first-order valence-electron chi connectivity index (χ1n) is 9.68. The second kappa shape index (κ2) is 8.11. The zero-order valence-electron chi connectivity index (χ0n) is 15.9. The van der Waals surface area contributed by atoms with Gasteiger partial charge >= 0.3 is 0 Å². The number of piperazine rings is 2. The molecule has 0 saturated carbocycles. The number of rotatable bonds is 4. The van der Waals surface area contributed by atoms with E-state index in [9.17, 15) is 4.79 Å². The van der Waals surface area contributed by atoms with E-state index in [2.05, 4.69) is 16.8 Å². The van der Waals surface area contributed by atoms with Crippen LogP contribution in [0.4, 0.5) is 0 Å². The molecule has 5 heteroatoms. The molecule has 2 aromatic carbocycles. The second-order valence-corrected chi connectivity index (χ2v) is 7.47. The molecule has 2 heterocycles. The summed E-state index contributed by atoms with van der Waals surface area (Å²) in [6, 6.07) is 18.1. The second-order valence-electron chi connectivity index (χ2n) is 7.47. The first-order valence-corrected chi connectivity index (χ1v) is 9.68. The first kappa shape index (κ1) is 18.0. The highest BCUT2D eigenvalue weighted by Gasteiger charge is 2.33. The average molecular weight is 365 g/mol. The van der Waals surface area contributed by atoms with Crippen LogP contribution in [0.25, 0.3) is 0 Å². The van der Waals surface area contributed by atoms with Crippen molar-refractivity contribution in [3.8, 4) is 5.75 Å². The highest BCUT2D eigenvalue weighted by atomic mass is 16.5. The maximum absolute atomic E-state index is 13.2. The van der Waals surface area contributed by atoms with Crippen LogP contribution in [-0.2, 0) is 6.61 Å². The molecule has 0 aromatic heterocycles. The van der Waals surface area contributed by atoms with Crippen LogP contribution < -0.4 is 4.74 Å². The van der Waals surface area contributed by atoms with E-state index in [1.165, 1.54) is 0 Å². The number of hydrogen-bond donors (Lipinski definition) is 0. The van der Waals surface area contributed by atoms with Crippen LogP contribution in [-0.4, -0.2) is 73.0 Å². The molecule has 0 spiro atoms. The summed E-state index contributed by atoms with van der Waals surface area (Å²) < 4.78 is 5.99. The third-order valence-corrected chi connectivity index (χ3v) is 5.54. The van der Waals surface area contributed by atoms with Gasteiger partial charge in [0.15, 0.2) is 0 Å². The van der Waals surface area contributed by atoms with E-state index in [1.807, 2.05) is 59.5 Å². The molecule has 0 bridgehead atoms. The standard InChI is InChI=1S/C22H27N3O2/c1-23-11-12-24-13-14-25(16-19(24)15-23)22(26)20-9-5-6-10-21(20)27-17-18-7-3-2-4-8-18/h2-10,19H,11-17H2,1H3/t19-/m1/s1. The molecule has 1 atom stereocenters. The summed E-state index contributed by atoms with van der Waals surface area (Å²) in [6.45, 7) is 6.22. The predicted octanol–water partition coefficient (Wildman–Crippen LogP) is 2.34. The quantitative estimate of drug-likeness (QED) is 0.833. The number of hydrogen-bond acceptors (Lipinski definition) is 4. The van der Waals surface area contributed by atoms with Crippen molar-refractivity contribution in [3.05, 3.63) is 65.7 Å².